The third-order valence-corrected chi connectivity index (χ3v) is 5.69. The number of fused-ring (bicyclic) bond motifs is 1. The summed E-state index contributed by atoms with van der Waals surface area (Å²) in [5.41, 5.74) is 10.2. The van der Waals surface area contributed by atoms with Crippen LogP contribution in [0.15, 0.2) is 36.8 Å². The smallest absolute Gasteiger partial charge is 0.410 e. The number of allylic oxidation sites excluding steroid dienone is 1. The summed E-state index contributed by atoms with van der Waals surface area (Å²) in [6.07, 6.45) is 5.28. The number of hydrogen-bond acceptors (Lipinski definition) is 7. The number of nitrogens with zero attached hydrogens (tertiary/aromatic N) is 5. The van der Waals surface area contributed by atoms with E-state index in [1.807, 2.05) is 48.3 Å². The van der Waals surface area contributed by atoms with Crippen molar-refractivity contribution >= 4 is 35.1 Å². The van der Waals surface area contributed by atoms with Crippen molar-refractivity contribution in [3.63, 3.8) is 0 Å². The maximum atomic E-state index is 11.7. The number of hydrogen-bond donors (Lipinski definition) is 2. The Labute approximate surface area is 173 Å². The number of anilines is 2. The monoisotopic (exact) mass is 404 g/mol. The molecule has 0 spiro atoms. The van der Waals surface area contributed by atoms with Gasteiger partial charge >= 0.3 is 6.09 Å². The standard InChI is InChI=1S/C21H22N7O2/c1-26-8-14(9-26)13-2-3-17(22)16(6-13)20(23)18-7-19(25-12-24-18)27-4-5-28-15(10-27)11-30-21(28)29/h2-3,6-9,12,15,23H,4-5,10-11,22H2,1H3/q+1. The summed E-state index contributed by atoms with van der Waals surface area (Å²) in [7, 11) is 1.97. The molecule has 1 aromatic heterocycles. The number of piperazine rings is 1. The van der Waals surface area contributed by atoms with Gasteiger partial charge < -0.3 is 15.4 Å². The topological polar surface area (TPSA) is 111 Å². The zero-order chi connectivity index (χ0) is 20.8. The Balaban J connectivity index is 1.39. The molecule has 3 aliphatic heterocycles. The van der Waals surface area contributed by atoms with Gasteiger partial charge in [-0.3, -0.25) is 10.3 Å². The molecule has 152 valence electrons. The van der Waals surface area contributed by atoms with Gasteiger partial charge in [-0.2, -0.15) is 0 Å². The number of nitrogen functional groups attached to an aromatic ring is 1. The molecular formula is C21H22N7O2+. The van der Waals surface area contributed by atoms with Crippen LogP contribution in [0.1, 0.15) is 16.8 Å². The Bertz CT molecular complexity index is 1120. The highest BCUT2D eigenvalue weighted by Gasteiger charge is 2.37. The van der Waals surface area contributed by atoms with Gasteiger partial charge in [0.15, 0.2) is 12.4 Å². The zero-order valence-corrected chi connectivity index (χ0v) is 16.6. The number of amides is 1. The first-order valence-electron chi connectivity index (χ1n) is 9.78. The van der Waals surface area contributed by atoms with Crippen LogP contribution in [0.5, 0.6) is 0 Å². The van der Waals surface area contributed by atoms with Crippen molar-refractivity contribution in [3.05, 3.63) is 53.6 Å². The van der Waals surface area contributed by atoms with Crippen molar-refractivity contribution < 1.29 is 14.1 Å². The molecule has 4 heterocycles. The molecule has 2 saturated heterocycles. The first-order chi connectivity index (χ1) is 14.5. The lowest BCUT2D eigenvalue weighted by Gasteiger charge is -2.36. The molecule has 2 fully saturated rings. The van der Waals surface area contributed by atoms with Gasteiger partial charge in [-0.25, -0.2) is 19.3 Å². The SMILES string of the molecule is C[N+]1=CC(c2ccc(N)c(C(=N)c3cc(N4CCN5C(=O)OCC5C4)ncn3)c2)=C1. The van der Waals surface area contributed by atoms with Crippen LogP contribution in [0, 0.1) is 5.41 Å². The number of nitrogens with one attached hydrogen (secondary N) is 1. The van der Waals surface area contributed by atoms with Crippen molar-refractivity contribution in [2.75, 3.05) is 43.9 Å². The van der Waals surface area contributed by atoms with Crippen LogP contribution in [0.25, 0.3) is 5.57 Å². The lowest BCUT2D eigenvalue weighted by atomic mass is 9.97. The molecule has 2 aromatic rings. The van der Waals surface area contributed by atoms with Gasteiger partial charge in [0, 0.05) is 37.0 Å². The number of ether oxygens (including phenoxy) is 1. The first kappa shape index (κ1) is 18.3. The molecule has 0 aliphatic carbocycles. The third-order valence-electron chi connectivity index (χ3n) is 5.69. The van der Waals surface area contributed by atoms with Crippen LogP contribution in [-0.4, -0.2) is 76.8 Å². The van der Waals surface area contributed by atoms with Crippen molar-refractivity contribution in [2.45, 2.75) is 6.04 Å². The Morgan fingerprint density at radius 1 is 1.30 bits per heavy atom. The molecule has 0 radical (unpaired) electrons. The second-order valence-corrected chi connectivity index (χ2v) is 7.69. The van der Waals surface area contributed by atoms with Gasteiger partial charge in [-0.15, -0.1) is 0 Å². The van der Waals surface area contributed by atoms with Gasteiger partial charge in [-0.1, -0.05) is 6.07 Å². The average Bonchev–Trinajstić information content (AvgIpc) is 3.12. The highest BCUT2D eigenvalue weighted by molar-refractivity contribution is 6.15. The molecule has 0 bridgehead atoms. The van der Waals surface area contributed by atoms with Gasteiger partial charge in [0.05, 0.1) is 17.4 Å². The molecule has 3 aliphatic rings. The minimum Gasteiger partial charge on any atom is -0.447 e. The zero-order valence-electron chi connectivity index (χ0n) is 16.6. The van der Waals surface area contributed by atoms with E-state index < -0.39 is 0 Å². The number of cyclic esters (lactones) is 1. The first-order valence-corrected chi connectivity index (χ1v) is 9.78. The maximum absolute atomic E-state index is 11.7. The Kier molecular flexibility index (Phi) is 4.23. The number of aromatic nitrogens is 2. The summed E-state index contributed by atoms with van der Waals surface area (Å²) in [6, 6.07) is 7.54. The van der Waals surface area contributed by atoms with E-state index in [4.69, 9.17) is 15.9 Å². The highest BCUT2D eigenvalue weighted by atomic mass is 16.6. The third kappa shape index (κ3) is 3.08. The molecule has 9 heteroatoms. The summed E-state index contributed by atoms with van der Waals surface area (Å²) in [5.74, 6) is 0.732. The number of carbonyl (C=O) groups excluding carboxylic acids is 1. The van der Waals surface area contributed by atoms with E-state index in [0.717, 1.165) is 17.0 Å². The average molecular weight is 404 g/mol. The maximum Gasteiger partial charge on any atom is 0.410 e. The van der Waals surface area contributed by atoms with Gasteiger partial charge in [0.1, 0.15) is 31.4 Å². The van der Waals surface area contributed by atoms with Crippen LogP contribution in [0.3, 0.4) is 0 Å². The van der Waals surface area contributed by atoms with E-state index in [1.165, 1.54) is 6.33 Å². The highest BCUT2D eigenvalue weighted by Crippen LogP contribution is 2.26. The van der Waals surface area contributed by atoms with E-state index in [1.54, 1.807) is 4.90 Å². The fourth-order valence-corrected chi connectivity index (χ4v) is 4.02. The van der Waals surface area contributed by atoms with Gasteiger partial charge in [-0.05, 0) is 17.7 Å². The molecule has 1 amide bonds. The van der Waals surface area contributed by atoms with Gasteiger partial charge in [0.25, 0.3) is 0 Å². The molecular weight excluding hydrogens is 382 g/mol. The van der Waals surface area contributed by atoms with E-state index in [-0.39, 0.29) is 17.8 Å². The lowest BCUT2D eigenvalue weighted by molar-refractivity contribution is -0.423. The molecule has 1 aromatic carbocycles. The van der Waals surface area contributed by atoms with Crippen molar-refractivity contribution in [3.8, 4) is 0 Å². The van der Waals surface area contributed by atoms with E-state index >= 15 is 0 Å². The quantitative estimate of drug-likeness (QED) is 0.450. The predicted molar refractivity (Wildman–Crippen MR) is 113 cm³/mol. The van der Waals surface area contributed by atoms with Crippen molar-refractivity contribution in [1.29, 1.82) is 5.41 Å². The Morgan fingerprint density at radius 3 is 2.93 bits per heavy atom. The lowest BCUT2D eigenvalue weighted by Crippen LogP contribution is -2.52. The minimum absolute atomic E-state index is 0.0292. The molecule has 3 N–H and O–H groups in total. The second kappa shape index (κ2) is 6.94. The van der Waals surface area contributed by atoms with Crippen molar-refractivity contribution in [1.82, 2.24) is 14.9 Å². The summed E-state index contributed by atoms with van der Waals surface area (Å²) in [4.78, 5) is 24.3. The van der Waals surface area contributed by atoms with Crippen molar-refractivity contribution in [2.24, 2.45) is 0 Å². The second-order valence-electron chi connectivity index (χ2n) is 7.69. The predicted octanol–water partition coefficient (Wildman–Crippen LogP) is 1.18. The molecule has 0 saturated carbocycles. The number of nitrogens with two attached hydrogens (primary N) is 1. The largest absolute Gasteiger partial charge is 0.447 e. The summed E-state index contributed by atoms with van der Waals surface area (Å²) >= 11 is 0. The Hall–Kier alpha value is -3.75. The van der Waals surface area contributed by atoms with Crippen LogP contribution < -0.4 is 10.6 Å². The van der Waals surface area contributed by atoms with E-state index in [0.29, 0.717) is 43.2 Å². The molecule has 5 rings (SSSR count). The minimum atomic E-state index is -0.245. The fraction of sp³-hybridized carbons (Fsp3) is 0.286. The van der Waals surface area contributed by atoms with Crippen LogP contribution >= 0.6 is 0 Å². The molecule has 1 atom stereocenters. The Morgan fingerprint density at radius 2 is 2.13 bits per heavy atom. The van der Waals surface area contributed by atoms with Crippen LogP contribution in [0.2, 0.25) is 0 Å². The summed E-state index contributed by atoms with van der Waals surface area (Å²) in [5, 5.41) is 8.72. The normalized spacial score (nSPS) is 20.2. The molecule has 30 heavy (non-hydrogen) atoms. The molecule has 9 nitrogen and oxygen atoms in total. The van der Waals surface area contributed by atoms with Gasteiger partial charge in [0.2, 0.25) is 0 Å². The number of carbonyl (C=O) groups is 1. The summed E-state index contributed by atoms with van der Waals surface area (Å²) < 4.78 is 7.12. The van der Waals surface area contributed by atoms with Crippen LogP contribution in [0.4, 0.5) is 16.3 Å². The van der Waals surface area contributed by atoms with Crippen LogP contribution in [-0.2, 0) is 4.74 Å². The number of benzene rings is 1. The number of rotatable bonds is 4. The van der Waals surface area contributed by atoms with E-state index in [2.05, 4.69) is 14.9 Å². The fourth-order valence-electron chi connectivity index (χ4n) is 4.02. The summed E-state index contributed by atoms with van der Waals surface area (Å²) in [6.45, 7) is 2.29. The van der Waals surface area contributed by atoms with E-state index in [9.17, 15) is 4.79 Å². The molecule has 1 unspecified atom stereocenters.